The van der Waals surface area contributed by atoms with E-state index in [1.54, 1.807) is 23.1 Å². The number of hydrogen-bond donors (Lipinski definition) is 1. The van der Waals surface area contributed by atoms with Crippen LogP contribution in [0.1, 0.15) is 44.7 Å². The second kappa shape index (κ2) is 8.12. The molecule has 2 amide bonds. The van der Waals surface area contributed by atoms with Gasteiger partial charge in [0.2, 0.25) is 0 Å². The zero-order chi connectivity index (χ0) is 19.4. The molecule has 3 nitrogen and oxygen atoms in total. The minimum absolute atomic E-state index is 0.176. The SMILES string of the molecule is CC(C)(C)c1ccc(CC2CCN(C(=O)Nc3ccccc3F)CC2)cc1. The number of carbonyl (C=O) groups is 1. The van der Waals surface area contributed by atoms with Gasteiger partial charge in [0.05, 0.1) is 5.69 Å². The topological polar surface area (TPSA) is 32.3 Å². The van der Waals surface area contributed by atoms with Crippen LogP contribution in [0.4, 0.5) is 14.9 Å². The maximum atomic E-state index is 13.7. The fraction of sp³-hybridized carbons (Fsp3) is 0.435. The van der Waals surface area contributed by atoms with Gasteiger partial charge in [-0.15, -0.1) is 0 Å². The van der Waals surface area contributed by atoms with E-state index in [1.807, 2.05) is 0 Å². The molecular formula is C23H29FN2O. The molecule has 0 aliphatic carbocycles. The number of likely N-dealkylation sites (tertiary alicyclic amines) is 1. The molecule has 4 heteroatoms. The van der Waals surface area contributed by atoms with E-state index in [0.29, 0.717) is 19.0 Å². The van der Waals surface area contributed by atoms with E-state index in [-0.39, 0.29) is 17.1 Å². The lowest BCUT2D eigenvalue weighted by Gasteiger charge is -2.32. The molecule has 0 aromatic heterocycles. The fourth-order valence-corrected chi connectivity index (χ4v) is 3.57. The summed E-state index contributed by atoms with van der Waals surface area (Å²) in [5.74, 6) is 0.183. The van der Waals surface area contributed by atoms with Gasteiger partial charge in [-0.25, -0.2) is 9.18 Å². The Hall–Kier alpha value is -2.36. The summed E-state index contributed by atoms with van der Waals surface area (Å²) in [6, 6.07) is 15.0. The number of nitrogens with one attached hydrogen (secondary N) is 1. The molecule has 1 aliphatic rings. The summed E-state index contributed by atoms with van der Waals surface area (Å²) in [4.78, 5) is 14.1. The molecule has 1 fully saturated rings. The molecule has 2 aromatic carbocycles. The molecule has 1 aliphatic heterocycles. The van der Waals surface area contributed by atoms with Crippen LogP contribution in [0.15, 0.2) is 48.5 Å². The van der Waals surface area contributed by atoms with Gasteiger partial charge in [-0.05, 0) is 53.9 Å². The van der Waals surface area contributed by atoms with Crippen molar-refractivity contribution >= 4 is 11.7 Å². The summed E-state index contributed by atoms with van der Waals surface area (Å²) in [6.45, 7) is 8.11. The molecule has 144 valence electrons. The number of nitrogens with zero attached hydrogens (tertiary/aromatic N) is 1. The van der Waals surface area contributed by atoms with Crippen LogP contribution in [0.2, 0.25) is 0 Å². The van der Waals surface area contributed by atoms with Crippen LogP contribution in [0.3, 0.4) is 0 Å². The first-order chi connectivity index (χ1) is 12.8. The highest BCUT2D eigenvalue weighted by molar-refractivity contribution is 5.89. The Morgan fingerprint density at radius 1 is 1.07 bits per heavy atom. The molecular weight excluding hydrogens is 339 g/mol. The summed E-state index contributed by atoms with van der Waals surface area (Å²) in [6.07, 6.45) is 3.00. The first kappa shape index (κ1) is 19.4. The molecule has 0 spiro atoms. The third-order valence-electron chi connectivity index (χ3n) is 5.36. The Morgan fingerprint density at radius 3 is 2.30 bits per heavy atom. The molecule has 0 saturated carbocycles. The van der Waals surface area contributed by atoms with Crippen molar-refractivity contribution in [2.24, 2.45) is 5.92 Å². The monoisotopic (exact) mass is 368 g/mol. The van der Waals surface area contributed by atoms with Crippen molar-refractivity contribution in [2.45, 2.75) is 45.4 Å². The van der Waals surface area contributed by atoms with Gasteiger partial charge in [0.25, 0.3) is 0 Å². The number of hydrogen-bond acceptors (Lipinski definition) is 1. The van der Waals surface area contributed by atoms with Crippen LogP contribution in [0, 0.1) is 11.7 Å². The lowest BCUT2D eigenvalue weighted by molar-refractivity contribution is 0.182. The van der Waals surface area contributed by atoms with Crippen molar-refractivity contribution in [3.8, 4) is 0 Å². The molecule has 1 saturated heterocycles. The van der Waals surface area contributed by atoms with E-state index in [9.17, 15) is 9.18 Å². The number of urea groups is 1. The summed E-state index contributed by atoms with van der Waals surface area (Å²) < 4.78 is 13.7. The predicted octanol–water partition coefficient (Wildman–Crippen LogP) is 5.61. The van der Waals surface area contributed by atoms with Crippen molar-refractivity contribution in [1.29, 1.82) is 0 Å². The number of carbonyl (C=O) groups excluding carboxylic acids is 1. The van der Waals surface area contributed by atoms with E-state index in [0.717, 1.165) is 19.3 Å². The second-order valence-electron chi connectivity index (χ2n) is 8.49. The molecule has 3 rings (SSSR count). The van der Waals surface area contributed by atoms with Crippen molar-refractivity contribution < 1.29 is 9.18 Å². The molecule has 27 heavy (non-hydrogen) atoms. The van der Waals surface area contributed by atoms with Gasteiger partial charge in [0.15, 0.2) is 0 Å². The van der Waals surface area contributed by atoms with Gasteiger partial charge in [-0.3, -0.25) is 0 Å². The van der Waals surface area contributed by atoms with Gasteiger partial charge in [-0.1, -0.05) is 57.2 Å². The number of halogens is 1. The third-order valence-corrected chi connectivity index (χ3v) is 5.36. The summed E-state index contributed by atoms with van der Waals surface area (Å²) >= 11 is 0. The van der Waals surface area contributed by atoms with E-state index >= 15 is 0 Å². The average molecular weight is 368 g/mol. The number of benzene rings is 2. The van der Waals surface area contributed by atoms with Gasteiger partial charge in [0, 0.05) is 13.1 Å². The highest BCUT2D eigenvalue weighted by Gasteiger charge is 2.23. The maximum Gasteiger partial charge on any atom is 0.321 e. The number of piperidine rings is 1. The summed E-state index contributed by atoms with van der Waals surface area (Å²) in [5, 5.41) is 2.68. The second-order valence-corrected chi connectivity index (χ2v) is 8.49. The van der Waals surface area contributed by atoms with E-state index in [4.69, 9.17) is 0 Å². The van der Waals surface area contributed by atoms with Crippen molar-refractivity contribution in [1.82, 2.24) is 4.90 Å². The quantitative estimate of drug-likeness (QED) is 0.750. The van der Waals surface area contributed by atoms with Crippen molar-refractivity contribution in [2.75, 3.05) is 18.4 Å². The highest BCUT2D eigenvalue weighted by Crippen LogP contribution is 2.26. The standard InChI is InChI=1S/C23H29FN2O/c1-23(2,3)19-10-8-17(9-11-19)16-18-12-14-26(15-13-18)22(27)25-21-7-5-4-6-20(21)24/h4-11,18H,12-16H2,1-3H3,(H,25,27). The molecule has 0 unspecified atom stereocenters. The number of amides is 2. The molecule has 1 N–H and O–H groups in total. The Labute approximate surface area is 161 Å². The van der Waals surface area contributed by atoms with E-state index in [2.05, 4.69) is 50.4 Å². The van der Waals surface area contributed by atoms with Gasteiger partial charge >= 0.3 is 6.03 Å². The van der Waals surface area contributed by atoms with Crippen LogP contribution >= 0.6 is 0 Å². The van der Waals surface area contributed by atoms with Gasteiger partial charge < -0.3 is 10.2 Å². The smallest absolute Gasteiger partial charge is 0.321 e. The van der Waals surface area contributed by atoms with Crippen LogP contribution < -0.4 is 5.32 Å². The van der Waals surface area contributed by atoms with Crippen LogP contribution in [-0.4, -0.2) is 24.0 Å². The van der Waals surface area contributed by atoms with Crippen molar-refractivity contribution in [3.63, 3.8) is 0 Å². The first-order valence-corrected chi connectivity index (χ1v) is 9.73. The summed E-state index contributed by atoms with van der Waals surface area (Å²) in [5.41, 5.74) is 3.13. The average Bonchev–Trinajstić information content (AvgIpc) is 2.64. The molecule has 2 aromatic rings. The zero-order valence-electron chi connectivity index (χ0n) is 16.5. The molecule has 1 heterocycles. The number of para-hydroxylation sites is 1. The Balaban J connectivity index is 1.50. The Morgan fingerprint density at radius 2 is 1.70 bits per heavy atom. The zero-order valence-corrected chi connectivity index (χ0v) is 16.5. The lowest BCUT2D eigenvalue weighted by Crippen LogP contribution is -2.41. The third kappa shape index (κ3) is 5.09. The normalized spacial score (nSPS) is 15.6. The molecule has 0 atom stereocenters. The minimum atomic E-state index is -0.403. The van der Waals surface area contributed by atoms with Gasteiger partial charge in [0.1, 0.15) is 5.82 Å². The number of rotatable bonds is 3. The highest BCUT2D eigenvalue weighted by atomic mass is 19.1. The van der Waals surface area contributed by atoms with Crippen LogP contribution in [0.25, 0.3) is 0 Å². The predicted molar refractivity (Wildman–Crippen MR) is 109 cm³/mol. The van der Waals surface area contributed by atoms with E-state index in [1.165, 1.54) is 17.2 Å². The van der Waals surface area contributed by atoms with Crippen LogP contribution in [0.5, 0.6) is 0 Å². The fourth-order valence-electron chi connectivity index (χ4n) is 3.57. The molecule has 0 bridgehead atoms. The Bertz CT molecular complexity index is 772. The molecule has 0 radical (unpaired) electrons. The van der Waals surface area contributed by atoms with Gasteiger partial charge in [-0.2, -0.15) is 0 Å². The van der Waals surface area contributed by atoms with E-state index < -0.39 is 5.82 Å². The maximum absolute atomic E-state index is 13.7. The van der Waals surface area contributed by atoms with Crippen molar-refractivity contribution in [3.05, 3.63) is 65.5 Å². The lowest BCUT2D eigenvalue weighted by atomic mass is 9.85. The first-order valence-electron chi connectivity index (χ1n) is 9.73. The number of anilines is 1. The Kier molecular flexibility index (Phi) is 5.83. The van der Waals surface area contributed by atoms with Crippen LogP contribution in [-0.2, 0) is 11.8 Å². The summed E-state index contributed by atoms with van der Waals surface area (Å²) in [7, 11) is 0. The minimum Gasteiger partial charge on any atom is -0.325 e. The largest absolute Gasteiger partial charge is 0.325 e.